The Bertz CT molecular complexity index is 189. The fraction of sp³-hybridized carbons (Fsp3) is 0.875. The standard InChI is InChI=1S/C6H17NSi.C2HF3O2/c1-8(2,3)6-4-5-7;3-2(4,5)1(6)7/h4-7H2,1-3H3;(H,6,7). The van der Waals surface area contributed by atoms with Crippen LogP contribution >= 0.6 is 0 Å². The van der Waals surface area contributed by atoms with Gasteiger partial charge in [0.1, 0.15) is 0 Å². The van der Waals surface area contributed by atoms with Gasteiger partial charge in [0.2, 0.25) is 0 Å². The van der Waals surface area contributed by atoms with Gasteiger partial charge in [0.25, 0.3) is 0 Å². The average Bonchev–Trinajstić information content (AvgIpc) is 1.98. The second-order valence-electron chi connectivity index (χ2n) is 4.26. The summed E-state index contributed by atoms with van der Waals surface area (Å²) in [5.41, 5.74) is 5.36. The van der Waals surface area contributed by atoms with Crippen molar-refractivity contribution >= 4 is 14.0 Å². The lowest BCUT2D eigenvalue weighted by Crippen LogP contribution is -2.21. The van der Waals surface area contributed by atoms with E-state index in [9.17, 15) is 13.2 Å². The lowest BCUT2D eigenvalue weighted by Gasteiger charge is -2.13. The highest BCUT2D eigenvalue weighted by Crippen LogP contribution is 2.13. The summed E-state index contributed by atoms with van der Waals surface area (Å²) in [6, 6.07) is 1.38. The molecule has 0 rings (SSSR count). The monoisotopic (exact) mass is 245 g/mol. The van der Waals surface area contributed by atoms with Crippen LogP contribution < -0.4 is 5.73 Å². The Morgan fingerprint density at radius 1 is 1.33 bits per heavy atom. The maximum atomic E-state index is 10.6. The Balaban J connectivity index is 0. The summed E-state index contributed by atoms with van der Waals surface area (Å²) in [6.45, 7) is 8.00. The molecule has 0 radical (unpaired) electrons. The molecule has 0 atom stereocenters. The molecule has 0 saturated heterocycles. The topological polar surface area (TPSA) is 63.3 Å². The molecule has 7 heteroatoms. The van der Waals surface area contributed by atoms with E-state index in [-0.39, 0.29) is 0 Å². The first-order valence-corrected chi connectivity index (χ1v) is 8.21. The minimum atomic E-state index is -5.08. The van der Waals surface area contributed by atoms with Crippen molar-refractivity contribution in [2.24, 2.45) is 5.73 Å². The lowest BCUT2D eigenvalue weighted by atomic mass is 10.5. The van der Waals surface area contributed by atoms with Crippen LogP contribution in [0.4, 0.5) is 13.2 Å². The third-order valence-corrected chi connectivity index (χ3v) is 3.23. The van der Waals surface area contributed by atoms with E-state index in [0.717, 1.165) is 6.54 Å². The highest BCUT2D eigenvalue weighted by molar-refractivity contribution is 6.76. The second-order valence-corrected chi connectivity index (χ2v) is 9.88. The summed E-state index contributed by atoms with van der Waals surface area (Å²) in [6.07, 6.45) is -3.87. The molecule has 3 nitrogen and oxygen atoms in total. The van der Waals surface area contributed by atoms with Gasteiger partial charge in [-0.2, -0.15) is 13.2 Å². The first kappa shape index (κ1) is 16.9. The number of nitrogens with two attached hydrogens (primary N) is 1. The van der Waals surface area contributed by atoms with Gasteiger partial charge in [0, 0.05) is 8.07 Å². The minimum Gasteiger partial charge on any atom is -0.475 e. The zero-order valence-electron chi connectivity index (χ0n) is 9.19. The normalized spacial score (nSPS) is 11.7. The van der Waals surface area contributed by atoms with E-state index in [1.165, 1.54) is 12.5 Å². The first-order valence-electron chi connectivity index (χ1n) is 4.51. The maximum absolute atomic E-state index is 10.6. The largest absolute Gasteiger partial charge is 0.490 e. The number of alkyl halides is 3. The molecule has 0 spiro atoms. The number of hydrogen-bond donors (Lipinski definition) is 2. The van der Waals surface area contributed by atoms with Crippen LogP contribution in [0.3, 0.4) is 0 Å². The van der Waals surface area contributed by atoms with Crippen LogP contribution in [0.5, 0.6) is 0 Å². The van der Waals surface area contributed by atoms with Crippen molar-refractivity contribution in [1.29, 1.82) is 0 Å². The van der Waals surface area contributed by atoms with E-state index >= 15 is 0 Å². The van der Waals surface area contributed by atoms with Crippen LogP contribution in [0.25, 0.3) is 0 Å². The molecule has 15 heavy (non-hydrogen) atoms. The summed E-state index contributed by atoms with van der Waals surface area (Å²) in [7, 11) is -0.758. The van der Waals surface area contributed by atoms with Crippen LogP contribution in [-0.4, -0.2) is 31.9 Å². The van der Waals surface area contributed by atoms with Crippen molar-refractivity contribution in [3.8, 4) is 0 Å². The van der Waals surface area contributed by atoms with Crippen molar-refractivity contribution in [1.82, 2.24) is 0 Å². The second kappa shape index (κ2) is 6.84. The van der Waals surface area contributed by atoms with Crippen LogP contribution in [-0.2, 0) is 4.79 Å². The number of carboxylic acids is 1. The predicted octanol–water partition coefficient (Wildman–Crippen LogP) is 2.31. The third kappa shape index (κ3) is 16.1. The number of aliphatic carboxylic acids is 1. The summed E-state index contributed by atoms with van der Waals surface area (Å²) < 4.78 is 31.7. The molecular weight excluding hydrogens is 227 g/mol. The maximum Gasteiger partial charge on any atom is 0.490 e. The molecule has 3 N–H and O–H groups in total. The van der Waals surface area contributed by atoms with Crippen LogP contribution in [0.1, 0.15) is 6.42 Å². The van der Waals surface area contributed by atoms with E-state index in [2.05, 4.69) is 19.6 Å². The fourth-order valence-corrected chi connectivity index (χ4v) is 1.90. The van der Waals surface area contributed by atoms with Crippen molar-refractivity contribution in [3.05, 3.63) is 0 Å². The highest BCUT2D eigenvalue weighted by Gasteiger charge is 2.38. The average molecular weight is 245 g/mol. The van der Waals surface area contributed by atoms with Crippen molar-refractivity contribution < 1.29 is 23.1 Å². The minimum absolute atomic E-state index is 0.758. The van der Waals surface area contributed by atoms with Crippen molar-refractivity contribution in [3.63, 3.8) is 0 Å². The van der Waals surface area contributed by atoms with Gasteiger partial charge in [0.05, 0.1) is 0 Å². The molecule has 0 amide bonds. The smallest absolute Gasteiger partial charge is 0.475 e. The third-order valence-electron chi connectivity index (χ3n) is 1.37. The number of halogens is 3. The molecule has 0 fully saturated rings. The Hall–Kier alpha value is -0.563. The van der Waals surface area contributed by atoms with Crippen LogP contribution in [0.2, 0.25) is 25.7 Å². The molecule has 92 valence electrons. The highest BCUT2D eigenvalue weighted by atomic mass is 28.3. The van der Waals surface area contributed by atoms with Crippen molar-refractivity contribution in [2.75, 3.05) is 6.54 Å². The Labute approximate surface area is 88.5 Å². The number of carboxylic acid groups (broad SMARTS) is 1. The Morgan fingerprint density at radius 2 is 1.67 bits per heavy atom. The SMILES string of the molecule is C[Si](C)(C)CCCN.O=C(O)C(F)(F)F. The van der Waals surface area contributed by atoms with Gasteiger partial charge in [-0.25, -0.2) is 4.79 Å². The van der Waals surface area contributed by atoms with Crippen LogP contribution in [0.15, 0.2) is 0 Å². The Kier molecular flexibility index (Phi) is 7.68. The lowest BCUT2D eigenvalue weighted by molar-refractivity contribution is -0.192. The van der Waals surface area contributed by atoms with Gasteiger partial charge < -0.3 is 10.8 Å². The summed E-state index contributed by atoms with van der Waals surface area (Å²) in [5.74, 6) is -2.76. The van der Waals surface area contributed by atoms with Gasteiger partial charge in [0.15, 0.2) is 0 Å². The predicted molar refractivity (Wildman–Crippen MR) is 55.5 cm³/mol. The number of hydrogen-bond acceptors (Lipinski definition) is 2. The van der Waals surface area contributed by atoms with Gasteiger partial charge in [-0.3, -0.25) is 0 Å². The molecule has 0 aromatic rings. The van der Waals surface area contributed by atoms with Gasteiger partial charge >= 0.3 is 12.1 Å². The van der Waals surface area contributed by atoms with Crippen molar-refractivity contribution in [2.45, 2.75) is 38.3 Å². The molecular formula is C8H18F3NO2Si. The number of carbonyl (C=O) groups is 1. The molecule has 0 bridgehead atoms. The molecule has 0 aliphatic rings. The molecule has 0 aromatic carbocycles. The summed E-state index contributed by atoms with van der Waals surface area (Å²) in [5, 5.41) is 7.12. The van der Waals surface area contributed by atoms with E-state index in [0.29, 0.717) is 0 Å². The van der Waals surface area contributed by atoms with E-state index in [4.69, 9.17) is 15.6 Å². The quantitative estimate of drug-likeness (QED) is 0.750. The molecule has 0 aliphatic carbocycles. The van der Waals surface area contributed by atoms with E-state index in [1.54, 1.807) is 0 Å². The van der Waals surface area contributed by atoms with E-state index in [1.807, 2.05) is 0 Å². The number of rotatable bonds is 3. The molecule has 0 heterocycles. The Morgan fingerprint density at radius 3 is 1.73 bits per heavy atom. The van der Waals surface area contributed by atoms with Gasteiger partial charge in [-0.1, -0.05) is 25.7 Å². The van der Waals surface area contributed by atoms with Crippen LogP contribution in [0, 0.1) is 0 Å². The molecule has 0 saturated carbocycles. The molecule has 0 aromatic heterocycles. The molecule has 0 unspecified atom stereocenters. The fourth-order valence-electron chi connectivity index (χ4n) is 0.632. The summed E-state index contributed by atoms with van der Waals surface area (Å²) in [4.78, 5) is 8.90. The van der Waals surface area contributed by atoms with Gasteiger partial charge in [-0.05, 0) is 13.0 Å². The summed E-state index contributed by atoms with van der Waals surface area (Å²) >= 11 is 0. The van der Waals surface area contributed by atoms with Gasteiger partial charge in [-0.15, -0.1) is 0 Å². The molecule has 0 aliphatic heterocycles. The first-order chi connectivity index (χ1) is 6.50. The zero-order valence-corrected chi connectivity index (χ0v) is 10.2. The zero-order chi connectivity index (χ0) is 12.7. The van der Waals surface area contributed by atoms with E-state index < -0.39 is 20.2 Å².